The summed E-state index contributed by atoms with van der Waals surface area (Å²) in [6.07, 6.45) is 5.46. The highest BCUT2D eigenvalue weighted by Crippen LogP contribution is 2.54. The van der Waals surface area contributed by atoms with E-state index < -0.39 is 0 Å². The molecule has 0 aliphatic heterocycles. The maximum absolute atomic E-state index is 5.46. The molecule has 0 bridgehead atoms. The third-order valence-corrected chi connectivity index (χ3v) is 5.24. The van der Waals surface area contributed by atoms with Crippen LogP contribution in [0.1, 0.15) is 29.9 Å². The minimum Gasteiger partial charge on any atom is -0.143 e. The Morgan fingerprint density at radius 3 is 2.80 bits per heavy atom. The maximum Gasteiger partial charge on any atom is 0.0775 e. The molecule has 0 unspecified atom stereocenters. The van der Waals surface area contributed by atoms with E-state index in [4.69, 9.17) is 6.42 Å². The molecule has 0 radical (unpaired) electrons. The van der Waals surface area contributed by atoms with Crippen molar-refractivity contribution in [3.8, 4) is 22.1 Å². The number of hydrogen-bond donors (Lipinski definition) is 0. The maximum atomic E-state index is 5.46. The van der Waals surface area contributed by atoms with Gasteiger partial charge in [-0.05, 0) is 28.6 Å². The van der Waals surface area contributed by atoms with E-state index in [0.29, 0.717) is 0 Å². The van der Waals surface area contributed by atoms with Crippen molar-refractivity contribution >= 4 is 22.7 Å². The Kier molecular flexibility index (Phi) is 1.69. The van der Waals surface area contributed by atoms with Crippen LogP contribution in [0, 0.1) is 12.3 Å². The van der Waals surface area contributed by atoms with E-state index >= 15 is 0 Å². The molecule has 2 aromatic heterocycles. The molecule has 1 aliphatic rings. The molecule has 0 fully saturated rings. The predicted octanol–water partition coefficient (Wildman–Crippen LogP) is 4.10. The molecule has 2 heterocycles. The van der Waals surface area contributed by atoms with Gasteiger partial charge >= 0.3 is 0 Å². The van der Waals surface area contributed by atoms with Crippen LogP contribution in [0.25, 0.3) is 9.75 Å². The van der Waals surface area contributed by atoms with Crippen molar-refractivity contribution in [1.82, 2.24) is 0 Å². The largest absolute Gasteiger partial charge is 0.143 e. The van der Waals surface area contributed by atoms with E-state index in [-0.39, 0.29) is 5.41 Å². The lowest BCUT2D eigenvalue weighted by atomic mass is 9.84. The lowest BCUT2D eigenvalue weighted by Crippen LogP contribution is -2.13. The molecule has 3 rings (SSSR count). The van der Waals surface area contributed by atoms with Gasteiger partial charge in [0, 0.05) is 15.2 Å². The van der Waals surface area contributed by atoms with Crippen LogP contribution in [-0.2, 0) is 5.41 Å². The zero-order valence-corrected chi connectivity index (χ0v) is 10.3. The Bertz CT molecular complexity index is 576. The molecular weight excluding hydrogens is 220 g/mol. The van der Waals surface area contributed by atoms with Gasteiger partial charge in [-0.25, -0.2) is 0 Å². The number of rotatable bonds is 0. The molecule has 0 spiro atoms. The zero-order valence-electron chi connectivity index (χ0n) is 8.63. The van der Waals surface area contributed by atoms with Gasteiger partial charge in [-0.2, -0.15) is 0 Å². The molecule has 2 aromatic rings. The second-order valence-corrected chi connectivity index (χ2v) is 6.25. The van der Waals surface area contributed by atoms with E-state index in [9.17, 15) is 0 Å². The van der Waals surface area contributed by atoms with Crippen LogP contribution >= 0.6 is 22.7 Å². The Morgan fingerprint density at radius 2 is 2.07 bits per heavy atom. The quantitative estimate of drug-likeness (QED) is 0.598. The second kappa shape index (κ2) is 2.75. The van der Waals surface area contributed by atoms with Gasteiger partial charge in [-0.3, -0.25) is 0 Å². The average Bonchev–Trinajstić information content (AvgIpc) is 2.86. The molecule has 15 heavy (non-hydrogen) atoms. The Labute approximate surface area is 97.6 Å². The monoisotopic (exact) mass is 230 g/mol. The normalized spacial score (nSPS) is 15.8. The molecule has 0 aromatic carbocycles. The smallest absolute Gasteiger partial charge is 0.0775 e. The van der Waals surface area contributed by atoms with Crippen molar-refractivity contribution in [2.75, 3.05) is 0 Å². The van der Waals surface area contributed by atoms with Gasteiger partial charge in [0.2, 0.25) is 0 Å². The van der Waals surface area contributed by atoms with Gasteiger partial charge in [0.25, 0.3) is 0 Å². The van der Waals surface area contributed by atoms with Gasteiger partial charge in [-0.1, -0.05) is 19.8 Å². The number of fused-ring (bicyclic) bond motifs is 3. The molecule has 74 valence electrons. The molecule has 0 saturated heterocycles. The topological polar surface area (TPSA) is 0 Å². The molecule has 0 N–H and O–H groups in total. The first kappa shape index (κ1) is 9.21. The van der Waals surface area contributed by atoms with Crippen molar-refractivity contribution in [1.29, 1.82) is 0 Å². The minimum atomic E-state index is 0.135. The van der Waals surface area contributed by atoms with E-state index in [1.165, 1.54) is 20.9 Å². The van der Waals surface area contributed by atoms with Crippen molar-refractivity contribution < 1.29 is 0 Å². The van der Waals surface area contributed by atoms with Crippen LogP contribution in [0.15, 0.2) is 17.5 Å². The van der Waals surface area contributed by atoms with Crippen LogP contribution in [-0.4, -0.2) is 0 Å². The van der Waals surface area contributed by atoms with Gasteiger partial charge < -0.3 is 0 Å². The highest BCUT2D eigenvalue weighted by atomic mass is 32.1. The summed E-state index contributed by atoms with van der Waals surface area (Å²) in [5.41, 5.74) is 3.00. The van der Waals surface area contributed by atoms with Crippen LogP contribution < -0.4 is 0 Å². The fourth-order valence-corrected chi connectivity index (χ4v) is 4.58. The summed E-state index contributed by atoms with van der Waals surface area (Å²) in [7, 11) is 0. The van der Waals surface area contributed by atoms with Crippen LogP contribution in [0.3, 0.4) is 0 Å². The molecule has 0 nitrogen and oxygen atoms in total. The Morgan fingerprint density at radius 1 is 1.27 bits per heavy atom. The van der Waals surface area contributed by atoms with E-state index in [2.05, 4.69) is 37.3 Å². The molecule has 2 heteroatoms. The predicted molar refractivity (Wildman–Crippen MR) is 67.7 cm³/mol. The lowest BCUT2D eigenvalue weighted by Gasteiger charge is -2.18. The second-order valence-electron chi connectivity index (χ2n) is 4.29. The molecule has 0 atom stereocenters. The Balaban J connectivity index is 2.37. The number of thiophene rings is 2. The van der Waals surface area contributed by atoms with Gasteiger partial charge in [0.1, 0.15) is 0 Å². The van der Waals surface area contributed by atoms with E-state index in [1.807, 2.05) is 11.3 Å². The fraction of sp³-hybridized carbons (Fsp3) is 0.231. The molecular formula is C13H10S2. The highest BCUT2D eigenvalue weighted by Gasteiger charge is 2.38. The van der Waals surface area contributed by atoms with Gasteiger partial charge in [-0.15, -0.1) is 29.1 Å². The molecule has 1 aliphatic carbocycles. The third-order valence-electron chi connectivity index (χ3n) is 3.09. The summed E-state index contributed by atoms with van der Waals surface area (Å²) in [6, 6.07) is 4.41. The van der Waals surface area contributed by atoms with Gasteiger partial charge in [0.15, 0.2) is 0 Å². The summed E-state index contributed by atoms with van der Waals surface area (Å²) >= 11 is 3.57. The van der Waals surface area contributed by atoms with Gasteiger partial charge in [0.05, 0.1) is 4.88 Å². The number of terminal acetylenes is 1. The zero-order chi connectivity index (χ0) is 10.6. The SMILES string of the molecule is C#Cc1cc2c(s1)-c1sccc1C2(C)C. The Hall–Kier alpha value is -1.04. The standard InChI is InChI=1S/C13H10S2/c1-4-8-7-10-12(15-8)11-9(5-6-14-11)13(10,2)3/h1,5-7H,2-3H3. The summed E-state index contributed by atoms with van der Waals surface area (Å²) in [5.74, 6) is 2.74. The highest BCUT2D eigenvalue weighted by molar-refractivity contribution is 7.22. The summed E-state index contributed by atoms with van der Waals surface area (Å²) in [5, 5.41) is 2.17. The molecule has 0 saturated carbocycles. The van der Waals surface area contributed by atoms with Crippen molar-refractivity contribution in [3.05, 3.63) is 33.5 Å². The van der Waals surface area contributed by atoms with Crippen LogP contribution in [0.4, 0.5) is 0 Å². The third kappa shape index (κ3) is 1.03. The summed E-state index contributed by atoms with van der Waals surface area (Å²) < 4.78 is 0. The lowest BCUT2D eigenvalue weighted by molar-refractivity contribution is 0.663. The number of hydrogen-bond acceptors (Lipinski definition) is 2. The van der Waals surface area contributed by atoms with Crippen LogP contribution in [0.5, 0.6) is 0 Å². The van der Waals surface area contributed by atoms with Crippen LogP contribution in [0.2, 0.25) is 0 Å². The van der Waals surface area contributed by atoms with E-state index in [1.54, 1.807) is 11.3 Å². The first-order valence-corrected chi connectivity index (χ1v) is 6.53. The minimum absolute atomic E-state index is 0.135. The fourth-order valence-electron chi connectivity index (χ4n) is 2.22. The van der Waals surface area contributed by atoms with Crippen molar-refractivity contribution in [2.24, 2.45) is 0 Å². The first-order valence-electron chi connectivity index (χ1n) is 4.84. The average molecular weight is 230 g/mol. The summed E-state index contributed by atoms with van der Waals surface area (Å²) in [4.78, 5) is 3.85. The van der Waals surface area contributed by atoms with Crippen molar-refractivity contribution in [3.63, 3.8) is 0 Å². The van der Waals surface area contributed by atoms with Crippen molar-refractivity contribution in [2.45, 2.75) is 19.3 Å². The van der Waals surface area contributed by atoms with E-state index in [0.717, 1.165) is 4.88 Å². The molecule has 0 amide bonds. The summed E-state index contributed by atoms with van der Waals surface area (Å²) in [6.45, 7) is 4.55. The first-order chi connectivity index (χ1) is 7.14.